The SMILES string of the molecule is C[C@@H](O)c1cccc(F)c1CN(C(=O)O)c1cc(F)c(S(=O)(=O)N(C(=O)OC(C)(C)C)c2cscn2)c(F)c1. The summed E-state index contributed by atoms with van der Waals surface area (Å²) in [6, 6.07) is 4.50. The Kier molecular flexibility index (Phi) is 8.57. The summed E-state index contributed by atoms with van der Waals surface area (Å²) >= 11 is 0.905. The van der Waals surface area contributed by atoms with Crippen molar-refractivity contribution in [2.75, 3.05) is 9.21 Å². The highest BCUT2D eigenvalue weighted by Gasteiger charge is 2.40. The van der Waals surface area contributed by atoms with E-state index in [1.807, 2.05) is 0 Å². The smallest absolute Gasteiger partial charge is 0.430 e. The molecule has 39 heavy (non-hydrogen) atoms. The van der Waals surface area contributed by atoms with Crippen molar-refractivity contribution in [1.29, 1.82) is 0 Å². The first-order valence-corrected chi connectivity index (χ1v) is 13.5. The number of hydrogen-bond acceptors (Lipinski definition) is 8. The van der Waals surface area contributed by atoms with Crippen LogP contribution < -0.4 is 9.21 Å². The normalized spacial score (nSPS) is 12.6. The zero-order valence-corrected chi connectivity index (χ0v) is 22.7. The molecule has 1 heterocycles. The molecule has 3 aromatic rings. The first-order chi connectivity index (χ1) is 18.0. The van der Waals surface area contributed by atoms with Crippen molar-refractivity contribution in [3.63, 3.8) is 0 Å². The van der Waals surface area contributed by atoms with Crippen molar-refractivity contribution in [3.05, 3.63) is 69.8 Å². The van der Waals surface area contributed by atoms with Gasteiger partial charge in [-0.15, -0.1) is 15.6 Å². The minimum atomic E-state index is -5.31. The standard InChI is InChI=1S/C24H24F3N3O7S2/c1-13(31)15-6-5-7-17(25)16(15)10-29(22(32)33)14-8-18(26)21(19(27)9-14)39(35,36)30(20-11-38-12-28-20)23(34)37-24(2,3)4/h5-9,11-13,31H,10H2,1-4H3,(H,32,33)/t13-/m1/s1. The number of ether oxygens (including phenoxy) is 1. The number of carbonyl (C=O) groups is 2. The van der Waals surface area contributed by atoms with Gasteiger partial charge in [-0.1, -0.05) is 12.1 Å². The lowest BCUT2D eigenvalue weighted by Crippen LogP contribution is -2.42. The largest absolute Gasteiger partial charge is 0.465 e. The zero-order chi connectivity index (χ0) is 29.3. The van der Waals surface area contributed by atoms with Crippen LogP contribution in [0.3, 0.4) is 0 Å². The number of anilines is 2. The fourth-order valence-corrected chi connectivity index (χ4v) is 5.48. The number of aliphatic hydroxyl groups excluding tert-OH is 1. The van der Waals surface area contributed by atoms with E-state index in [4.69, 9.17) is 4.74 Å². The second-order valence-electron chi connectivity index (χ2n) is 9.19. The number of thiazole rings is 1. The van der Waals surface area contributed by atoms with Crippen LogP contribution in [-0.2, 0) is 21.3 Å². The van der Waals surface area contributed by atoms with E-state index in [2.05, 4.69) is 4.98 Å². The lowest BCUT2D eigenvalue weighted by Gasteiger charge is -2.26. The zero-order valence-electron chi connectivity index (χ0n) is 21.1. The van der Waals surface area contributed by atoms with Crippen molar-refractivity contribution in [2.24, 2.45) is 0 Å². The average molecular weight is 588 g/mol. The van der Waals surface area contributed by atoms with E-state index in [1.54, 1.807) is 0 Å². The van der Waals surface area contributed by atoms with Gasteiger partial charge in [0.2, 0.25) is 0 Å². The molecule has 0 radical (unpaired) electrons. The minimum Gasteiger partial charge on any atom is -0.465 e. The van der Waals surface area contributed by atoms with Crippen LogP contribution in [-0.4, -0.2) is 41.4 Å². The first-order valence-electron chi connectivity index (χ1n) is 11.2. The maximum atomic E-state index is 15.3. The van der Waals surface area contributed by atoms with Gasteiger partial charge in [0, 0.05) is 10.9 Å². The van der Waals surface area contributed by atoms with Crippen molar-refractivity contribution in [1.82, 2.24) is 4.98 Å². The molecule has 0 bridgehead atoms. The molecule has 0 aliphatic heterocycles. The summed E-state index contributed by atoms with van der Waals surface area (Å²) in [5.74, 6) is -4.82. The molecule has 0 saturated heterocycles. The van der Waals surface area contributed by atoms with Crippen LogP contribution in [0.2, 0.25) is 0 Å². The van der Waals surface area contributed by atoms with E-state index in [1.165, 1.54) is 45.3 Å². The number of carboxylic acid groups (broad SMARTS) is 1. The number of carbonyl (C=O) groups excluding carboxylic acids is 1. The summed E-state index contributed by atoms with van der Waals surface area (Å²) in [5.41, 5.74) is -0.882. The molecule has 0 unspecified atom stereocenters. The number of rotatable bonds is 7. The molecule has 10 nitrogen and oxygen atoms in total. The number of amides is 2. The molecule has 2 amide bonds. The molecule has 15 heteroatoms. The van der Waals surface area contributed by atoms with Crippen molar-refractivity contribution >= 4 is 45.1 Å². The highest BCUT2D eigenvalue weighted by Crippen LogP contribution is 2.33. The quantitative estimate of drug-likeness (QED) is 0.373. The van der Waals surface area contributed by atoms with Crippen LogP contribution >= 0.6 is 11.3 Å². The number of sulfonamides is 1. The summed E-state index contributed by atoms with van der Waals surface area (Å²) in [4.78, 5) is 27.3. The summed E-state index contributed by atoms with van der Waals surface area (Å²) < 4.78 is 77.0. The van der Waals surface area contributed by atoms with Gasteiger partial charge in [-0.2, -0.15) is 0 Å². The Morgan fingerprint density at radius 1 is 1.13 bits per heavy atom. The van der Waals surface area contributed by atoms with Crippen LogP contribution in [0.1, 0.15) is 44.9 Å². The molecule has 0 spiro atoms. The van der Waals surface area contributed by atoms with Crippen LogP contribution in [0.25, 0.3) is 0 Å². The number of halogens is 3. The number of nitrogens with zero attached hydrogens (tertiary/aromatic N) is 3. The Bertz CT molecular complexity index is 1470. The molecule has 1 aromatic heterocycles. The van der Waals surface area contributed by atoms with Gasteiger partial charge in [0.1, 0.15) is 23.1 Å². The predicted molar refractivity (Wildman–Crippen MR) is 136 cm³/mol. The average Bonchev–Trinajstić information content (AvgIpc) is 3.29. The van der Waals surface area contributed by atoms with E-state index in [9.17, 15) is 32.6 Å². The Morgan fingerprint density at radius 2 is 1.74 bits per heavy atom. The van der Waals surface area contributed by atoms with Crippen LogP contribution in [0.4, 0.5) is 34.3 Å². The van der Waals surface area contributed by atoms with Gasteiger partial charge in [0.05, 0.1) is 23.8 Å². The Labute approximate surface area is 225 Å². The van der Waals surface area contributed by atoms with E-state index in [0.717, 1.165) is 22.8 Å². The number of hydrogen-bond donors (Lipinski definition) is 2. The van der Waals surface area contributed by atoms with Crippen LogP contribution in [0.5, 0.6) is 0 Å². The van der Waals surface area contributed by atoms with Crippen molar-refractivity contribution < 1.29 is 46.1 Å². The molecule has 0 saturated carbocycles. The third-order valence-electron chi connectivity index (χ3n) is 5.13. The van der Waals surface area contributed by atoms with E-state index >= 15 is 8.78 Å². The second kappa shape index (κ2) is 11.2. The predicted octanol–water partition coefficient (Wildman–Crippen LogP) is 5.43. The maximum Gasteiger partial charge on any atom is 0.430 e. The molecule has 0 aliphatic rings. The highest BCUT2D eigenvalue weighted by molar-refractivity contribution is 7.93. The minimum absolute atomic E-state index is 0.000853. The third-order valence-corrected chi connectivity index (χ3v) is 7.43. The van der Waals surface area contributed by atoms with Crippen molar-refractivity contribution in [2.45, 2.75) is 50.8 Å². The Morgan fingerprint density at radius 3 is 2.23 bits per heavy atom. The second-order valence-corrected chi connectivity index (χ2v) is 11.6. The van der Waals surface area contributed by atoms with Crippen molar-refractivity contribution in [3.8, 4) is 0 Å². The van der Waals surface area contributed by atoms with Gasteiger partial charge in [0.15, 0.2) is 10.7 Å². The lowest BCUT2D eigenvalue weighted by molar-refractivity contribution is 0.0608. The Hall–Kier alpha value is -3.69. The maximum absolute atomic E-state index is 15.3. The summed E-state index contributed by atoms with van der Waals surface area (Å²) in [6.45, 7) is 4.90. The monoisotopic (exact) mass is 587 g/mol. The number of aromatic nitrogens is 1. The highest BCUT2D eigenvalue weighted by atomic mass is 32.2. The molecule has 210 valence electrons. The molecule has 1 atom stereocenters. The Balaban J connectivity index is 2.11. The summed E-state index contributed by atoms with van der Waals surface area (Å²) in [7, 11) is -5.31. The van der Waals surface area contributed by atoms with Gasteiger partial charge < -0.3 is 14.9 Å². The molecule has 3 rings (SSSR count). The third kappa shape index (κ3) is 6.49. The van der Waals surface area contributed by atoms with E-state index in [0.29, 0.717) is 17.0 Å². The van der Waals surface area contributed by atoms with Gasteiger partial charge >= 0.3 is 12.2 Å². The molecule has 2 aromatic carbocycles. The molecular weight excluding hydrogens is 563 g/mol. The summed E-state index contributed by atoms with van der Waals surface area (Å²) in [6.07, 6.45) is -4.42. The summed E-state index contributed by atoms with van der Waals surface area (Å²) in [5, 5.41) is 20.8. The van der Waals surface area contributed by atoms with Gasteiger partial charge in [-0.05, 0) is 51.5 Å². The van der Waals surface area contributed by atoms with Gasteiger partial charge in [-0.3, -0.25) is 4.90 Å². The van der Waals surface area contributed by atoms with Gasteiger partial charge in [0.25, 0.3) is 10.0 Å². The van der Waals surface area contributed by atoms with E-state index < -0.39 is 74.3 Å². The molecular formula is C24H24F3N3O7S2. The van der Waals surface area contributed by atoms with E-state index in [-0.39, 0.29) is 15.4 Å². The number of aliphatic hydroxyl groups is 1. The lowest BCUT2D eigenvalue weighted by atomic mass is 10.0. The molecule has 0 aliphatic carbocycles. The van der Waals surface area contributed by atoms with Gasteiger partial charge in [-0.25, -0.2) is 36.2 Å². The topological polar surface area (TPSA) is 137 Å². The molecule has 2 N–H and O–H groups in total. The molecule has 0 fully saturated rings. The van der Waals surface area contributed by atoms with Crippen LogP contribution in [0.15, 0.2) is 46.1 Å². The fraction of sp³-hybridized carbons (Fsp3) is 0.292. The first kappa shape index (κ1) is 29.9. The fourth-order valence-electron chi connectivity index (χ4n) is 3.53. The van der Waals surface area contributed by atoms with Crippen LogP contribution in [0, 0.1) is 17.5 Å². The number of benzene rings is 2.